The lowest BCUT2D eigenvalue weighted by molar-refractivity contribution is 0.106. The van der Waals surface area contributed by atoms with Gasteiger partial charge in [-0.15, -0.1) is 0 Å². The maximum absolute atomic E-state index is 9.97. The Morgan fingerprint density at radius 2 is 2.46 bits per heavy atom. The van der Waals surface area contributed by atoms with Gasteiger partial charge < -0.3 is 5.11 Å². The Hall–Kier alpha value is -0.670. The third-order valence-corrected chi connectivity index (χ3v) is 3.32. The molecular weight excluding hydrogens is 182 g/mol. The number of allylic oxidation sites excluding steroid dienone is 2. The van der Waals surface area contributed by atoms with Crippen LogP contribution >= 0.6 is 11.5 Å². The molecule has 0 aromatic carbocycles. The van der Waals surface area contributed by atoms with E-state index in [1.807, 2.05) is 6.07 Å². The molecule has 1 N–H and O–H groups in total. The minimum Gasteiger partial charge on any atom is -0.387 e. The van der Waals surface area contributed by atoms with Crippen LogP contribution in [0, 0.1) is 5.92 Å². The molecule has 70 valence electrons. The molecular formula is C10H13NOS. The minimum atomic E-state index is -0.308. The Labute approximate surface area is 82.1 Å². The molecule has 13 heavy (non-hydrogen) atoms. The fourth-order valence-corrected chi connectivity index (χ4v) is 2.38. The summed E-state index contributed by atoms with van der Waals surface area (Å²) in [4.78, 5) is 1.00. The van der Waals surface area contributed by atoms with Crippen molar-refractivity contribution in [2.24, 2.45) is 5.92 Å². The molecule has 0 bridgehead atoms. The van der Waals surface area contributed by atoms with Gasteiger partial charge in [0.2, 0.25) is 0 Å². The number of aliphatic hydroxyl groups is 1. The van der Waals surface area contributed by atoms with Gasteiger partial charge in [-0.2, -0.15) is 0 Å². The zero-order valence-electron chi connectivity index (χ0n) is 7.39. The maximum atomic E-state index is 9.97. The standard InChI is InChI=1S/C10H13NOS/c12-10(9-6-7-11-13-9)8-4-2-1-3-5-8/h1-2,6-8,10,12H,3-5H2. The Balaban J connectivity index is 2.04. The summed E-state index contributed by atoms with van der Waals surface area (Å²) in [5.74, 6) is 0.394. The van der Waals surface area contributed by atoms with Crippen molar-refractivity contribution in [3.05, 3.63) is 29.3 Å². The van der Waals surface area contributed by atoms with Crippen molar-refractivity contribution in [2.45, 2.75) is 25.4 Å². The molecule has 1 aromatic heterocycles. The van der Waals surface area contributed by atoms with Crippen molar-refractivity contribution in [3.63, 3.8) is 0 Å². The van der Waals surface area contributed by atoms with Crippen LogP contribution in [0.15, 0.2) is 24.4 Å². The summed E-state index contributed by atoms with van der Waals surface area (Å²) < 4.78 is 4.00. The highest BCUT2D eigenvalue weighted by Gasteiger charge is 2.21. The maximum Gasteiger partial charge on any atom is 0.0929 e. The summed E-state index contributed by atoms with van der Waals surface area (Å²) in [5.41, 5.74) is 0. The van der Waals surface area contributed by atoms with Gasteiger partial charge in [-0.1, -0.05) is 12.2 Å². The molecule has 0 saturated heterocycles. The van der Waals surface area contributed by atoms with Crippen LogP contribution in [0.3, 0.4) is 0 Å². The SMILES string of the molecule is OC(c1ccns1)C1CC=CCC1. The van der Waals surface area contributed by atoms with Crippen LogP contribution in [0.25, 0.3) is 0 Å². The number of aliphatic hydroxyl groups excluding tert-OH is 1. The van der Waals surface area contributed by atoms with Gasteiger partial charge >= 0.3 is 0 Å². The number of rotatable bonds is 2. The first-order valence-electron chi connectivity index (χ1n) is 4.61. The van der Waals surface area contributed by atoms with Crippen LogP contribution in [-0.2, 0) is 0 Å². The summed E-state index contributed by atoms with van der Waals surface area (Å²) in [7, 11) is 0. The van der Waals surface area contributed by atoms with Crippen LogP contribution in [0.5, 0.6) is 0 Å². The Bertz CT molecular complexity index is 281. The molecule has 0 saturated carbocycles. The largest absolute Gasteiger partial charge is 0.387 e. The second-order valence-corrected chi connectivity index (χ2v) is 4.27. The third-order valence-electron chi connectivity index (χ3n) is 2.51. The topological polar surface area (TPSA) is 33.1 Å². The van der Waals surface area contributed by atoms with Gasteiger partial charge in [-0.3, -0.25) is 0 Å². The minimum absolute atomic E-state index is 0.308. The van der Waals surface area contributed by atoms with Gasteiger partial charge in [-0.05, 0) is 42.8 Å². The van der Waals surface area contributed by atoms with Gasteiger partial charge in [0.25, 0.3) is 0 Å². The van der Waals surface area contributed by atoms with Crippen molar-refractivity contribution >= 4 is 11.5 Å². The fraction of sp³-hybridized carbons (Fsp3) is 0.500. The second-order valence-electron chi connectivity index (χ2n) is 3.40. The van der Waals surface area contributed by atoms with Crippen LogP contribution < -0.4 is 0 Å². The number of aromatic nitrogens is 1. The molecule has 0 spiro atoms. The predicted molar refractivity (Wildman–Crippen MR) is 53.6 cm³/mol. The molecule has 1 heterocycles. The summed E-state index contributed by atoms with van der Waals surface area (Å²) in [5, 5.41) is 9.97. The van der Waals surface area contributed by atoms with E-state index in [9.17, 15) is 5.11 Å². The van der Waals surface area contributed by atoms with Crippen molar-refractivity contribution in [1.82, 2.24) is 4.37 Å². The molecule has 1 aliphatic rings. The molecule has 0 amide bonds. The highest BCUT2D eigenvalue weighted by Crippen LogP contribution is 2.32. The van der Waals surface area contributed by atoms with Crippen molar-refractivity contribution in [2.75, 3.05) is 0 Å². The molecule has 3 heteroatoms. The number of hydrogen-bond acceptors (Lipinski definition) is 3. The zero-order chi connectivity index (χ0) is 9.10. The van der Waals surface area contributed by atoms with Crippen molar-refractivity contribution < 1.29 is 5.11 Å². The summed E-state index contributed by atoms with van der Waals surface area (Å²) in [6, 6.07) is 1.91. The molecule has 2 atom stereocenters. The van der Waals surface area contributed by atoms with Gasteiger partial charge in [0, 0.05) is 6.20 Å². The lowest BCUT2D eigenvalue weighted by Gasteiger charge is -2.22. The van der Waals surface area contributed by atoms with E-state index in [4.69, 9.17) is 0 Å². The van der Waals surface area contributed by atoms with Gasteiger partial charge in [0.15, 0.2) is 0 Å². The third kappa shape index (κ3) is 1.98. The van der Waals surface area contributed by atoms with E-state index in [2.05, 4.69) is 16.5 Å². The highest BCUT2D eigenvalue weighted by atomic mass is 32.1. The molecule has 1 aliphatic carbocycles. The van der Waals surface area contributed by atoms with Crippen LogP contribution in [0.4, 0.5) is 0 Å². The normalized spacial score (nSPS) is 24.5. The van der Waals surface area contributed by atoms with Crippen LogP contribution in [-0.4, -0.2) is 9.48 Å². The number of nitrogens with zero attached hydrogens (tertiary/aromatic N) is 1. The zero-order valence-corrected chi connectivity index (χ0v) is 8.20. The van der Waals surface area contributed by atoms with E-state index < -0.39 is 0 Å². The molecule has 2 rings (SSSR count). The van der Waals surface area contributed by atoms with E-state index in [0.29, 0.717) is 5.92 Å². The smallest absolute Gasteiger partial charge is 0.0929 e. The quantitative estimate of drug-likeness (QED) is 0.736. The van der Waals surface area contributed by atoms with Gasteiger partial charge in [0.05, 0.1) is 11.0 Å². The molecule has 0 radical (unpaired) electrons. The molecule has 2 unspecified atom stereocenters. The van der Waals surface area contributed by atoms with E-state index in [-0.39, 0.29) is 6.10 Å². The molecule has 2 nitrogen and oxygen atoms in total. The number of hydrogen-bond donors (Lipinski definition) is 1. The van der Waals surface area contributed by atoms with Crippen molar-refractivity contribution in [3.8, 4) is 0 Å². The first-order chi connectivity index (χ1) is 6.38. The average molecular weight is 195 g/mol. The van der Waals surface area contributed by atoms with E-state index in [0.717, 1.165) is 24.1 Å². The van der Waals surface area contributed by atoms with Crippen molar-refractivity contribution in [1.29, 1.82) is 0 Å². The highest BCUT2D eigenvalue weighted by molar-refractivity contribution is 7.05. The van der Waals surface area contributed by atoms with E-state index >= 15 is 0 Å². The van der Waals surface area contributed by atoms with E-state index in [1.165, 1.54) is 11.5 Å². The van der Waals surface area contributed by atoms with Crippen LogP contribution in [0.2, 0.25) is 0 Å². The second kappa shape index (κ2) is 4.03. The lowest BCUT2D eigenvalue weighted by Crippen LogP contribution is -2.12. The summed E-state index contributed by atoms with van der Waals surface area (Å²) in [6.07, 6.45) is 8.99. The monoisotopic (exact) mass is 195 g/mol. The first kappa shape index (κ1) is 8.91. The predicted octanol–water partition coefficient (Wildman–Crippen LogP) is 2.53. The Morgan fingerprint density at radius 3 is 3.08 bits per heavy atom. The van der Waals surface area contributed by atoms with Crippen LogP contribution in [0.1, 0.15) is 30.2 Å². The van der Waals surface area contributed by atoms with Gasteiger partial charge in [-0.25, -0.2) is 4.37 Å². The average Bonchev–Trinajstić information content (AvgIpc) is 2.71. The summed E-state index contributed by atoms with van der Waals surface area (Å²) >= 11 is 1.40. The van der Waals surface area contributed by atoms with E-state index in [1.54, 1.807) is 6.20 Å². The lowest BCUT2D eigenvalue weighted by atomic mass is 9.89. The molecule has 0 fully saturated rings. The fourth-order valence-electron chi connectivity index (χ4n) is 1.71. The first-order valence-corrected chi connectivity index (χ1v) is 5.39. The summed E-state index contributed by atoms with van der Waals surface area (Å²) in [6.45, 7) is 0. The molecule has 1 aromatic rings. The Morgan fingerprint density at radius 1 is 1.54 bits per heavy atom. The Kier molecular flexibility index (Phi) is 2.76. The molecule has 0 aliphatic heterocycles. The van der Waals surface area contributed by atoms with Gasteiger partial charge in [0.1, 0.15) is 0 Å².